The van der Waals surface area contributed by atoms with Crippen molar-refractivity contribution in [2.75, 3.05) is 19.3 Å². The predicted molar refractivity (Wildman–Crippen MR) is 98.1 cm³/mol. The zero-order valence-electron chi connectivity index (χ0n) is 15.5. The van der Waals surface area contributed by atoms with Crippen LogP contribution >= 0.6 is 0 Å². The lowest BCUT2D eigenvalue weighted by Gasteiger charge is -2.17. The van der Waals surface area contributed by atoms with E-state index in [2.05, 4.69) is 4.98 Å². The van der Waals surface area contributed by atoms with Gasteiger partial charge < -0.3 is 5.73 Å². The number of nitrogens with two attached hydrogens (primary N) is 1. The highest BCUT2D eigenvalue weighted by Crippen LogP contribution is 2.29. The molecule has 2 rings (SSSR count). The van der Waals surface area contributed by atoms with Crippen LogP contribution in [0.25, 0.3) is 0 Å². The summed E-state index contributed by atoms with van der Waals surface area (Å²) in [5.41, 5.74) is 3.83. The van der Waals surface area contributed by atoms with E-state index in [1.807, 2.05) is 6.92 Å². The molecule has 0 fully saturated rings. The minimum atomic E-state index is -4.42. The SMILES string of the molecule is CCCn1c(N)c(C(=O)CN(C)Cc2ccc(C(F)(F)F)cc2)c(=O)[nH]c1=O. The zero-order chi connectivity index (χ0) is 21.1. The molecule has 0 aliphatic rings. The molecule has 3 N–H and O–H groups in total. The third-order valence-electron chi connectivity index (χ3n) is 4.11. The number of aromatic nitrogens is 2. The summed E-state index contributed by atoms with van der Waals surface area (Å²) in [6.07, 6.45) is -3.84. The first-order chi connectivity index (χ1) is 13.0. The van der Waals surface area contributed by atoms with E-state index in [-0.39, 0.29) is 31.0 Å². The highest BCUT2D eigenvalue weighted by molar-refractivity contribution is 6.01. The number of hydrogen-bond acceptors (Lipinski definition) is 5. The summed E-state index contributed by atoms with van der Waals surface area (Å²) in [4.78, 5) is 40.0. The second-order valence-corrected chi connectivity index (χ2v) is 6.46. The Bertz CT molecular complexity index is 962. The lowest BCUT2D eigenvalue weighted by atomic mass is 10.1. The average Bonchev–Trinajstić information content (AvgIpc) is 2.57. The van der Waals surface area contributed by atoms with Crippen LogP contribution < -0.4 is 17.0 Å². The van der Waals surface area contributed by atoms with Gasteiger partial charge in [0.1, 0.15) is 11.4 Å². The lowest BCUT2D eigenvalue weighted by molar-refractivity contribution is -0.137. The molecule has 0 radical (unpaired) electrons. The largest absolute Gasteiger partial charge is 0.416 e. The van der Waals surface area contributed by atoms with Crippen molar-refractivity contribution >= 4 is 11.6 Å². The highest BCUT2D eigenvalue weighted by atomic mass is 19.4. The van der Waals surface area contributed by atoms with E-state index < -0.39 is 28.8 Å². The molecular weight excluding hydrogens is 377 g/mol. The van der Waals surface area contributed by atoms with Crippen LogP contribution in [0.4, 0.5) is 19.0 Å². The van der Waals surface area contributed by atoms with Gasteiger partial charge in [0.25, 0.3) is 5.56 Å². The van der Waals surface area contributed by atoms with Crippen molar-refractivity contribution in [2.24, 2.45) is 0 Å². The van der Waals surface area contributed by atoms with Gasteiger partial charge in [-0.3, -0.25) is 24.0 Å². The number of Topliss-reactive ketones (excluding diaryl/α,β-unsaturated/α-hetero) is 1. The van der Waals surface area contributed by atoms with Crippen molar-refractivity contribution in [3.05, 3.63) is 61.8 Å². The Hall–Kier alpha value is -2.88. The van der Waals surface area contributed by atoms with Gasteiger partial charge in [-0.1, -0.05) is 19.1 Å². The average molecular weight is 398 g/mol. The van der Waals surface area contributed by atoms with Gasteiger partial charge in [-0.05, 0) is 31.2 Å². The minimum absolute atomic E-state index is 0.191. The lowest BCUT2D eigenvalue weighted by Crippen LogP contribution is -2.38. The number of alkyl halides is 3. The van der Waals surface area contributed by atoms with Gasteiger partial charge in [-0.2, -0.15) is 13.2 Å². The molecule has 0 atom stereocenters. The molecule has 1 aromatic heterocycles. The molecule has 0 unspecified atom stereocenters. The number of nitrogens with zero attached hydrogens (tertiary/aromatic N) is 2. The van der Waals surface area contributed by atoms with E-state index in [9.17, 15) is 27.6 Å². The van der Waals surface area contributed by atoms with Crippen LogP contribution in [-0.2, 0) is 19.3 Å². The quantitative estimate of drug-likeness (QED) is 0.694. The molecule has 1 aromatic carbocycles. The Kier molecular flexibility index (Phi) is 6.45. The number of rotatable bonds is 7. The number of likely N-dealkylation sites (N-methyl/N-ethyl adjacent to an activating group) is 1. The minimum Gasteiger partial charge on any atom is -0.384 e. The number of nitrogen functional groups attached to an aromatic ring is 1. The second-order valence-electron chi connectivity index (χ2n) is 6.46. The van der Waals surface area contributed by atoms with Crippen molar-refractivity contribution < 1.29 is 18.0 Å². The van der Waals surface area contributed by atoms with Crippen molar-refractivity contribution in [1.82, 2.24) is 14.5 Å². The van der Waals surface area contributed by atoms with Crippen LogP contribution in [0.15, 0.2) is 33.9 Å². The van der Waals surface area contributed by atoms with Crippen LogP contribution in [0.3, 0.4) is 0 Å². The Morgan fingerprint density at radius 2 is 1.82 bits per heavy atom. The van der Waals surface area contributed by atoms with Gasteiger partial charge in [0.05, 0.1) is 12.1 Å². The molecule has 0 saturated carbocycles. The molecule has 10 heteroatoms. The van der Waals surface area contributed by atoms with Gasteiger partial charge in [-0.15, -0.1) is 0 Å². The second kappa shape index (κ2) is 8.42. The summed E-state index contributed by atoms with van der Waals surface area (Å²) >= 11 is 0. The third kappa shape index (κ3) is 4.89. The van der Waals surface area contributed by atoms with E-state index in [0.717, 1.165) is 16.7 Å². The molecule has 0 aliphatic carbocycles. The molecule has 0 amide bonds. The summed E-state index contributed by atoms with van der Waals surface area (Å²) in [6, 6.07) is 4.58. The summed E-state index contributed by atoms with van der Waals surface area (Å²) in [5.74, 6) is -0.776. The molecule has 0 spiro atoms. The normalized spacial score (nSPS) is 11.8. The van der Waals surface area contributed by atoms with Gasteiger partial charge in [-0.25, -0.2) is 4.79 Å². The molecule has 0 bridgehead atoms. The predicted octanol–water partition coefficient (Wildman–Crippen LogP) is 1.86. The van der Waals surface area contributed by atoms with Crippen molar-refractivity contribution in [3.8, 4) is 0 Å². The van der Waals surface area contributed by atoms with E-state index in [1.165, 1.54) is 12.1 Å². The maximum absolute atomic E-state index is 12.6. The van der Waals surface area contributed by atoms with E-state index in [1.54, 1.807) is 11.9 Å². The van der Waals surface area contributed by atoms with Crippen LogP contribution in [0.2, 0.25) is 0 Å². The fourth-order valence-corrected chi connectivity index (χ4v) is 2.79. The van der Waals surface area contributed by atoms with Crippen LogP contribution in [-0.4, -0.2) is 33.8 Å². The fourth-order valence-electron chi connectivity index (χ4n) is 2.79. The number of carbonyl (C=O) groups is 1. The Balaban J connectivity index is 2.16. The van der Waals surface area contributed by atoms with Gasteiger partial charge >= 0.3 is 11.9 Å². The maximum Gasteiger partial charge on any atom is 0.416 e. The first-order valence-corrected chi connectivity index (χ1v) is 8.55. The number of nitrogens with one attached hydrogen (secondary N) is 1. The van der Waals surface area contributed by atoms with Crippen molar-refractivity contribution in [3.63, 3.8) is 0 Å². The topological polar surface area (TPSA) is 101 Å². The number of ketones is 1. The van der Waals surface area contributed by atoms with E-state index in [4.69, 9.17) is 5.73 Å². The molecule has 0 saturated heterocycles. The molecule has 1 heterocycles. The number of benzene rings is 1. The Labute approximate surface area is 158 Å². The summed E-state index contributed by atoms with van der Waals surface area (Å²) < 4.78 is 39.0. The third-order valence-corrected chi connectivity index (χ3v) is 4.11. The summed E-state index contributed by atoms with van der Waals surface area (Å²) in [5, 5.41) is 0. The van der Waals surface area contributed by atoms with E-state index >= 15 is 0 Å². The molecule has 7 nitrogen and oxygen atoms in total. The summed E-state index contributed by atoms with van der Waals surface area (Å²) in [7, 11) is 1.59. The van der Waals surface area contributed by atoms with Gasteiger partial charge in [0, 0.05) is 13.1 Å². The van der Waals surface area contributed by atoms with Gasteiger partial charge in [0.2, 0.25) is 0 Å². The Morgan fingerprint density at radius 3 is 2.36 bits per heavy atom. The zero-order valence-corrected chi connectivity index (χ0v) is 15.5. The fraction of sp³-hybridized carbons (Fsp3) is 0.389. The first-order valence-electron chi connectivity index (χ1n) is 8.55. The van der Waals surface area contributed by atoms with Crippen LogP contribution in [0, 0.1) is 0 Å². The first kappa shape index (κ1) is 21.4. The number of aromatic amines is 1. The van der Waals surface area contributed by atoms with Gasteiger partial charge in [0.15, 0.2) is 5.78 Å². The molecule has 152 valence electrons. The maximum atomic E-state index is 12.6. The Morgan fingerprint density at radius 1 is 1.21 bits per heavy atom. The van der Waals surface area contributed by atoms with Crippen molar-refractivity contribution in [2.45, 2.75) is 32.6 Å². The smallest absolute Gasteiger partial charge is 0.384 e. The van der Waals surface area contributed by atoms with Crippen LogP contribution in [0.5, 0.6) is 0 Å². The summed E-state index contributed by atoms with van der Waals surface area (Å²) in [6.45, 7) is 2.06. The van der Waals surface area contributed by atoms with E-state index in [0.29, 0.717) is 12.0 Å². The number of anilines is 1. The van der Waals surface area contributed by atoms with Crippen molar-refractivity contribution in [1.29, 1.82) is 0 Å². The standard InChI is InChI=1S/C18H21F3N4O3/c1-3-8-25-15(22)14(16(27)23-17(25)28)13(26)10-24(2)9-11-4-6-12(7-5-11)18(19,20)21/h4-7H,3,8-10,22H2,1-2H3,(H,23,27,28). The molecular formula is C18H21F3N4O3. The highest BCUT2D eigenvalue weighted by Gasteiger charge is 2.30. The molecule has 0 aliphatic heterocycles. The number of halogens is 3. The molecule has 2 aromatic rings. The monoisotopic (exact) mass is 398 g/mol. The number of hydrogen-bond donors (Lipinski definition) is 2. The number of H-pyrrole nitrogens is 1. The number of carbonyl (C=O) groups excluding carboxylic acids is 1. The molecule has 28 heavy (non-hydrogen) atoms. The van der Waals surface area contributed by atoms with Crippen LogP contribution in [0.1, 0.15) is 34.8 Å².